The highest BCUT2D eigenvalue weighted by atomic mass is 35.5. The quantitative estimate of drug-likeness (QED) is 0.356. The van der Waals surface area contributed by atoms with E-state index in [2.05, 4.69) is 9.71 Å². The zero-order valence-electron chi connectivity index (χ0n) is 20.0. The van der Waals surface area contributed by atoms with Crippen molar-refractivity contribution in [2.24, 2.45) is 0 Å². The van der Waals surface area contributed by atoms with Crippen molar-refractivity contribution < 1.29 is 18.3 Å². The number of halogens is 1. The molecule has 4 aromatic rings. The van der Waals surface area contributed by atoms with Crippen LogP contribution in [-0.2, 0) is 14.8 Å². The van der Waals surface area contributed by atoms with E-state index >= 15 is 0 Å². The van der Waals surface area contributed by atoms with Gasteiger partial charge in [-0.25, -0.2) is 13.4 Å². The normalized spacial score (nSPS) is 17.2. The predicted molar refractivity (Wildman–Crippen MR) is 146 cm³/mol. The summed E-state index contributed by atoms with van der Waals surface area (Å²) >= 11 is 7.38. The minimum Gasteiger partial charge on any atom is -0.394 e. The van der Waals surface area contributed by atoms with E-state index in [-0.39, 0.29) is 17.4 Å². The number of amides is 1. The molecule has 0 spiro atoms. The third-order valence-electron chi connectivity index (χ3n) is 6.60. The van der Waals surface area contributed by atoms with Gasteiger partial charge in [-0.1, -0.05) is 17.7 Å². The van der Waals surface area contributed by atoms with Crippen molar-refractivity contribution in [3.8, 4) is 0 Å². The zero-order chi connectivity index (χ0) is 26.2. The molecule has 2 aromatic carbocycles. The molecule has 3 heterocycles. The summed E-state index contributed by atoms with van der Waals surface area (Å²) in [6, 6.07) is 13.2. The van der Waals surface area contributed by atoms with Crippen LogP contribution in [0.3, 0.4) is 0 Å². The fourth-order valence-electron chi connectivity index (χ4n) is 4.64. The van der Waals surface area contributed by atoms with Gasteiger partial charge in [0.15, 0.2) is 5.13 Å². The highest BCUT2D eigenvalue weighted by molar-refractivity contribution is 7.93. The van der Waals surface area contributed by atoms with Crippen LogP contribution < -0.4 is 9.62 Å². The van der Waals surface area contributed by atoms with Gasteiger partial charge in [0.1, 0.15) is 6.04 Å². The molecule has 0 unspecified atom stereocenters. The second-order valence-electron chi connectivity index (χ2n) is 8.85. The Labute approximate surface area is 224 Å². The van der Waals surface area contributed by atoms with E-state index in [1.165, 1.54) is 17.5 Å². The minimum absolute atomic E-state index is 0.0779. The van der Waals surface area contributed by atoms with Gasteiger partial charge in [-0.3, -0.25) is 9.52 Å². The van der Waals surface area contributed by atoms with Crippen LogP contribution in [0.4, 0.5) is 10.8 Å². The number of aliphatic hydroxyl groups excluding tert-OH is 1. The van der Waals surface area contributed by atoms with E-state index in [4.69, 9.17) is 11.6 Å². The number of carbonyl (C=O) groups is 1. The topological polar surface area (TPSA) is 108 Å². The molecule has 0 aliphatic carbocycles. The number of carbonyl (C=O) groups excluding carboxylic acids is 1. The first kappa shape index (κ1) is 25.5. The summed E-state index contributed by atoms with van der Waals surface area (Å²) in [5.41, 5.74) is 1.70. The largest absolute Gasteiger partial charge is 0.394 e. The first-order valence-corrected chi connectivity index (χ1v) is 14.5. The summed E-state index contributed by atoms with van der Waals surface area (Å²) in [7, 11) is -3.74. The van der Waals surface area contributed by atoms with Crippen molar-refractivity contribution in [2.45, 2.75) is 23.9 Å². The molecule has 2 atom stereocenters. The van der Waals surface area contributed by atoms with Crippen molar-refractivity contribution in [1.29, 1.82) is 0 Å². The SMILES string of the molecule is C[C@@H](C(=O)N1CCN(c2ccc(S(=O)(=O)Nc3nccs3)cc2)C[C@@H]1CO)n1ccc2ccc(Cl)cc21. The van der Waals surface area contributed by atoms with Gasteiger partial charge in [0, 0.05) is 48.1 Å². The lowest BCUT2D eigenvalue weighted by Crippen LogP contribution is -2.57. The molecule has 1 aliphatic heterocycles. The number of benzene rings is 2. The minimum atomic E-state index is -3.74. The fraction of sp³-hybridized carbons (Fsp3) is 0.280. The molecule has 194 valence electrons. The Balaban J connectivity index is 1.28. The second-order valence-corrected chi connectivity index (χ2v) is 11.9. The number of nitrogens with one attached hydrogen (secondary N) is 1. The van der Waals surface area contributed by atoms with Crippen LogP contribution in [0, 0.1) is 0 Å². The number of hydrogen-bond donors (Lipinski definition) is 2. The maximum atomic E-state index is 13.5. The second kappa shape index (κ2) is 10.3. The fourth-order valence-corrected chi connectivity index (χ4v) is 6.59. The molecule has 1 amide bonds. The summed E-state index contributed by atoms with van der Waals surface area (Å²) in [4.78, 5) is 21.4. The van der Waals surface area contributed by atoms with E-state index in [0.29, 0.717) is 29.8 Å². The van der Waals surface area contributed by atoms with E-state index in [9.17, 15) is 18.3 Å². The van der Waals surface area contributed by atoms with Gasteiger partial charge in [0.25, 0.3) is 10.0 Å². The molecule has 0 saturated carbocycles. The van der Waals surface area contributed by atoms with Crippen LogP contribution in [0.5, 0.6) is 0 Å². The molecule has 1 fully saturated rings. The third kappa shape index (κ3) is 5.17. The first-order valence-electron chi connectivity index (χ1n) is 11.7. The number of thiazole rings is 1. The highest BCUT2D eigenvalue weighted by Gasteiger charge is 2.33. The Bertz CT molecular complexity index is 1510. The maximum Gasteiger partial charge on any atom is 0.263 e. The number of rotatable bonds is 7. The molecular formula is C25H26ClN5O4S2. The standard InChI is InChI=1S/C25H26ClN5O4S2/c1-17(30-10-8-18-2-3-19(26)14-23(18)30)24(33)31-12-11-29(15-21(31)16-32)20-4-6-22(7-5-20)37(34,35)28-25-27-9-13-36-25/h2-10,13-14,17,21,32H,11-12,15-16H2,1H3,(H,27,28)/t17-,21+/m0/s1. The van der Waals surface area contributed by atoms with E-state index in [0.717, 1.165) is 16.6 Å². The number of hydrogen-bond acceptors (Lipinski definition) is 7. The van der Waals surface area contributed by atoms with Gasteiger partial charge < -0.3 is 19.5 Å². The zero-order valence-corrected chi connectivity index (χ0v) is 22.4. The number of sulfonamides is 1. The Morgan fingerprint density at radius 3 is 2.70 bits per heavy atom. The molecule has 37 heavy (non-hydrogen) atoms. The molecule has 9 nitrogen and oxygen atoms in total. The van der Waals surface area contributed by atoms with Crippen LogP contribution in [0.1, 0.15) is 13.0 Å². The molecule has 2 aromatic heterocycles. The van der Waals surface area contributed by atoms with Crippen molar-refractivity contribution >= 4 is 60.6 Å². The van der Waals surface area contributed by atoms with Crippen LogP contribution in [0.15, 0.2) is 71.2 Å². The molecule has 0 bridgehead atoms. The Kier molecular flexibility index (Phi) is 7.13. The molecule has 0 radical (unpaired) electrons. The number of piperazine rings is 1. The van der Waals surface area contributed by atoms with E-state index in [1.807, 2.05) is 46.9 Å². The molecule has 12 heteroatoms. The maximum absolute atomic E-state index is 13.5. The average molecular weight is 560 g/mol. The summed E-state index contributed by atoms with van der Waals surface area (Å²) in [6.07, 6.45) is 3.41. The smallest absolute Gasteiger partial charge is 0.263 e. The third-order valence-corrected chi connectivity index (χ3v) is 9.01. The Hall–Kier alpha value is -3.12. The number of anilines is 2. The van der Waals surface area contributed by atoms with Crippen molar-refractivity contribution in [1.82, 2.24) is 14.5 Å². The van der Waals surface area contributed by atoms with Crippen molar-refractivity contribution in [3.63, 3.8) is 0 Å². The number of aliphatic hydroxyl groups is 1. The van der Waals surface area contributed by atoms with Crippen LogP contribution in [-0.4, -0.2) is 66.2 Å². The molecular weight excluding hydrogens is 534 g/mol. The lowest BCUT2D eigenvalue weighted by Gasteiger charge is -2.42. The highest BCUT2D eigenvalue weighted by Crippen LogP contribution is 2.27. The van der Waals surface area contributed by atoms with Crippen LogP contribution >= 0.6 is 22.9 Å². The number of aromatic nitrogens is 2. The summed E-state index contributed by atoms with van der Waals surface area (Å²) in [6.45, 7) is 3.08. The summed E-state index contributed by atoms with van der Waals surface area (Å²) < 4.78 is 29.6. The number of fused-ring (bicyclic) bond motifs is 1. The van der Waals surface area contributed by atoms with Gasteiger partial charge in [-0.2, -0.15) is 0 Å². The summed E-state index contributed by atoms with van der Waals surface area (Å²) in [5, 5.41) is 13.7. The molecule has 2 N–H and O–H groups in total. The van der Waals surface area contributed by atoms with Crippen molar-refractivity contribution in [2.75, 3.05) is 35.9 Å². The van der Waals surface area contributed by atoms with Gasteiger partial charge in [-0.05, 0) is 54.8 Å². The summed E-state index contributed by atoms with van der Waals surface area (Å²) in [5.74, 6) is -0.0779. The van der Waals surface area contributed by atoms with E-state index in [1.54, 1.807) is 34.5 Å². The molecule has 1 saturated heterocycles. The average Bonchev–Trinajstić information content (AvgIpc) is 3.57. The Morgan fingerprint density at radius 1 is 1.22 bits per heavy atom. The van der Waals surface area contributed by atoms with Crippen LogP contribution in [0.2, 0.25) is 5.02 Å². The molecule has 5 rings (SSSR count). The van der Waals surface area contributed by atoms with E-state index < -0.39 is 22.1 Å². The Morgan fingerprint density at radius 2 is 2.00 bits per heavy atom. The predicted octanol–water partition coefficient (Wildman–Crippen LogP) is 3.82. The van der Waals surface area contributed by atoms with Gasteiger partial charge >= 0.3 is 0 Å². The molecule has 1 aliphatic rings. The lowest BCUT2D eigenvalue weighted by molar-refractivity contribution is -0.138. The lowest BCUT2D eigenvalue weighted by atomic mass is 10.1. The van der Waals surface area contributed by atoms with Crippen LogP contribution in [0.25, 0.3) is 10.9 Å². The van der Waals surface area contributed by atoms with Crippen molar-refractivity contribution in [3.05, 3.63) is 71.3 Å². The van der Waals surface area contributed by atoms with Gasteiger partial charge in [0.05, 0.1) is 23.1 Å². The van der Waals surface area contributed by atoms with Gasteiger partial charge in [-0.15, -0.1) is 11.3 Å². The van der Waals surface area contributed by atoms with Gasteiger partial charge in [0.2, 0.25) is 5.91 Å². The first-order chi connectivity index (χ1) is 17.8. The number of nitrogens with zero attached hydrogens (tertiary/aromatic N) is 4. The monoisotopic (exact) mass is 559 g/mol.